The summed E-state index contributed by atoms with van der Waals surface area (Å²) >= 11 is 3.03. The summed E-state index contributed by atoms with van der Waals surface area (Å²) in [5.41, 5.74) is 1.05. The molecule has 180 valence electrons. The highest BCUT2D eigenvalue weighted by Crippen LogP contribution is 2.34. The first-order valence-corrected chi connectivity index (χ1v) is 12.9. The van der Waals surface area contributed by atoms with Crippen LogP contribution in [-0.4, -0.2) is 61.6 Å². The van der Waals surface area contributed by atoms with E-state index in [2.05, 4.69) is 0 Å². The number of benzene rings is 1. The fourth-order valence-corrected chi connectivity index (χ4v) is 5.69. The molecule has 0 saturated heterocycles. The summed E-state index contributed by atoms with van der Waals surface area (Å²) in [7, 11) is 1.62. The molecule has 0 radical (unpaired) electrons. The monoisotopic (exact) mass is 502 g/mol. The number of rotatable bonds is 10. The maximum Gasteiger partial charge on any atom is 0.264 e. The van der Waals surface area contributed by atoms with E-state index in [1.165, 1.54) is 28.3 Å². The van der Waals surface area contributed by atoms with Gasteiger partial charge in [0.2, 0.25) is 5.91 Å². The Hall–Kier alpha value is -2.75. The molecule has 0 saturated carbocycles. The third kappa shape index (κ3) is 5.84. The minimum absolute atomic E-state index is 0.0175. The van der Waals surface area contributed by atoms with Crippen molar-refractivity contribution in [2.75, 3.05) is 40.0 Å². The second-order valence-electron chi connectivity index (χ2n) is 7.97. The molecule has 1 unspecified atom stereocenters. The topological polar surface area (TPSA) is 59.1 Å². The molecule has 0 fully saturated rings. The molecule has 2 amide bonds. The number of hydrogen-bond acceptors (Lipinski definition) is 6. The largest absolute Gasteiger partial charge is 0.491 e. The molecule has 1 aliphatic heterocycles. The van der Waals surface area contributed by atoms with Crippen LogP contribution in [0.4, 0.5) is 4.39 Å². The molecule has 34 heavy (non-hydrogen) atoms. The Morgan fingerprint density at radius 1 is 1.18 bits per heavy atom. The van der Waals surface area contributed by atoms with Crippen molar-refractivity contribution in [3.05, 3.63) is 74.4 Å². The van der Waals surface area contributed by atoms with Crippen LogP contribution in [0.15, 0.2) is 53.2 Å². The van der Waals surface area contributed by atoms with Gasteiger partial charge >= 0.3 is 0 Å². The van der Waals surface area contributed by atoms with Crippen molar-refractivity contribution in [2.24, 2.45) is 0 Å². The molecule has 6 nitrogen and oxygen atoms in total. The second kappa shape index (κ2) is 11.6. The van der Waals surface area contributed by atoms with Crippen LogP contribution >= 0.6 is 22.7 Å². The van der Waals surface area contributed by atoms with E-state index >= 15 is 0 Å². The van der Waals surface area contributed by atoms with Crippen LogP contribution in [0.3, 0.4) is 0 Å². The summed E-state index contributed by atoms with van der Waals surface area (Å²) < 4.78 is 24.6. The third-order valence-electron chi connectivity index (χ3n) is 5.74. The Labute approximate surface area is 206 Å². The van der Waals surface area contributed by atoms with Crippen LogP contribution in [-0.2, 0) is 16.0 Å². The number of thiophene rings is 2. The van der Waals surface area contributed by atoms with E-state index in [1.807, 2.05) is 22.9 Å². The average Bonchev–Trinajstić information content (AvgIpc) is 3.54. The molecule has 1 atom stereocenters. The zero-order chi connectivity index (χ0) is 23.9. The summed E-state index contributed by atoms with van der Waals surface area (Å²) in [5.74, 6) is -0.236. The fraction of sp³-hybridized carbons (Fsp3) is 0.360. The average molecular weight is 503 g/mol. The van der Waals surface area contributed by atoms with Gasteiger partial charge in [0.25, 0.3) is 5.91 Å². The molecule has 0 bridgehead atoms. The molecule has 0 spiro atoms. The zero-order valence-corrected chi connectivity index (χ0v) is 20.6. The highest BCUT2D eigenvalue weighted by Gasteiger charge is 2.33. The first-order valence-electron chi connectivity index (χ1n) is 11.1. The molecule has 3 aromatic rings. The molecule has 0 N–H and O–H groups in total. The normalized spacial score (nSPS) is 15.1. The molecule has 3 heterocycles. The first-order chi connectivity index (χ1) is 16.6. The summed E-state index contributed by atoms with van der Waals surface area (Å²) in [6.07, 6.45) is 1.40. The van der Waals surface area contributed by atoms with Gasteiger partial charge in [0, 0.05) is 37.7 Å². The number of carbonyl (C=O) groups is 2. The molecule has 9 heteroatoms. The number of fused-ring (bicyclic) bond motifs is 1. The Balaban J connectivity index is 1.50. The number of nitrogens with zero attached hydrogens (tertiary/aromatic N) is 2. The van der Waals surface area contributed by atoms with E-state index in [9.17, 15) is 14.0 Å². The van der Waals surface area contributed by atoms with Gasteiger partial charge in [-0.2, -0.15) is 0 Å². The number of methoxy groups -OCH3 is 1. The molecule has 2 aromatic heterocycles. The minimum atomic E-state index is -0.371. The van der Waals surface area contributed by atoms with Gasteiger partial charge in [0.05, 0.1) is 10.9 Å². The Bertz CT molecular complexity index is 1100. The number of hydrogen-bond donors (Lipinski definition) is 0. The summed E-state index contributed by atoms with van der Waals surface area (Å²) in [6.45, 7) is 1.67. The minimum Gasteiger partial charge on any atom is -0.491 e. The maximum atomic E-state index is 13.6. The van der Waals surface area contributed by atoms with Gasteiger partial charge in [-0.3, -0.25) is 9.59 Å². The Kier molecular flexibility index (Phi) is 8.31. The summed E-state index contributed by atoms with van der Waals surface area (Å²) in [4.78, 5) is 31.8. The van der Waals surface area contributed by atoms with E-state index < -0.39 is 0 Å². The van der Waals surface area contributed by atoms with Crippen molar-refractivity contribution >= 4 is 34.5 Å². The van der Waals surface area contributed by atoms with Gasteiger partial charge in [-0.1, -0.05) is 12.1 Å². The van der Waals surface area contributed by atoms with Crippen LogP contribution in [0, 0.1) is 5.82 Å². The highest BCUT2D eigenvalue weighted by molar-refractivity contribution is 7.12. The van der Waals surface area contributed by atoms with E-state index in [0.717, 1.165) is 12.0 Å². The summed E-state index contributed by atoms with van der Waals surface area (Å²) in [5, 5.41) is 3.87. The third-order valence-corrected chi connectivity index (χ3v) is 7.60. The van der Waals surface area contributed by atoms with Crippen molar-refractivity contribution in [1.29, 1.82) is 0 Å². The predicted octanol–water partition coefficient (Wildman–Crippen LogP) is 4.63. The van der Waals surface area contributed by atoms with E-state index in [0.29, 0.717) is 36.7 Å². The fourth-order valence-electron chi connectivity index (χ4n) is 4.07. The maximum absolute atomic E-state index is 13.6. The van der Waals surface area contributed by atoms with Crippen molar-refractivity contribution in [3.8, 4) is 5.75 Å². The smallest absolute Gasteiger partial charge is 0.264 e. The second-order valence-corrected chi connectivity index (χ2v) is 9.92. The predicted molar refractivity (Wildman–Crippen MR) is 131 cm³/mol. The standard InChI is InChI=1S/C25H27FN2O4S2/c1-31-12-4-10-27(25(30)23-7-3-13-33-23)16-24(29)28-11-8-22-20(9-14-34-22)21(28)17-32-19-6-2-5-18(26)15-19/h2-3,5-7,9,13-15,21H,4,8,10-12,16-17H2,1H3. The molecule has 1 aromatic carbocycles. The number of halogens is 1. The van der Waals surface area contributed by atoms with Gasteiger partial charge in [0.1, 0.15) is 24.7 Å². The Morgan fingerprint density at radius 2 is 2.06 bits per heavy atom. The van der Waals surface area contributed by atoms with Gasteiger partial charge in [0.15, 0.2) is 0 Å². The molecule has 0 aliphatic carbocycles. The van der Waals surface area contributed by atoms with Gasteiger partial charge in [-0.15, -0.1) is 22.7 Å². The lowest BCUT2D eigenvalue weighted by atomic mass is 10.0. The van der Waals surface area contributed by atoms with Crippen molar-refractivity contribution in [3.63, 3.8) is 0 Å². The van der Waals surface area contributed by atoms with Crippen LogP contribution < -0.4 is 4.74 Å². The van der Waals surface area contributed by atoms with E-state index in [1.54, 1.807) is 46.4 Å². The van der Waals surface area contributed by atoms with Crippen molar-refractivity contribution in [2.45, 2.75) is 18.9 Å². The lowest BCUT2D eigenvalue weighted by molar-refractivity contribution is -0.135. The van der Waals surface area contributed by atoms with E-state index in [-0.39, 0.29) is 36.8 Å². The van der Waals surface area contributed by atoms with Crippen LogP contribution in [0.5, 0.6) is 5.75 Å². The molecular formula is C25H27FN2O4S2. The number of amides is 2. The molecule has 4 rings (SSSR count). The quantitative estimate of drug-likeness (QED) is 0.379. The van der Waals surface area contributed by atoms with Gasteiger partial charge < -0.3 is 19.3 Å². The van der Waals surface area contributed by atoms with Crippen molar-refractivity contribution < 1.29 is 23.5 Å². The summed E-state index contributed by atoms with van der Waals surface area (Å²) in [6, 6.07) is 11.3. The SMILES string of the molecule is COCCCN(CC(=O)N1CCc2sccc2C1COc1cccc(F)c1)C(=O)c1cccs1. The van der Waals surface area contributed by atoms with Crippen LogP contribution in [0.1, 0.15) is 32.6 Å². The van der Waals surface area contributed by atoms with Gasteiger partial charge in [-0.25, -0.2) is 4.39 Å². The number of carbonyl (C=O) groups excluding carboxylic acids is 2. The molecule has 1 aliphatic rings. The molecular weight excluding hydrogens is 475 g/mol. The van der Waals surface area contributed by atoms with E-state index in [4.69, 9.17) is 9.47 Å². The zero-order valence-electron chi connectivity index (χ0n) is 18.9. The number of ether oxygens (including phenoxy) is 2. The Morgan fingerprint density at radius 3 is 2.82 bits per heavy atom. The highest BCUT2D eigenvalue weighted by atomic mass is 32.1. The van der Waals surface area contributed by atoms with Gasteiger partial charge in [-0.05, 0) is 53.4 Å². The lowest BCUT2D eigenvalue weighted by Crippen LogP contribution is -2.48. The van der Waals surface area contributed by atoms with Crippen molar-refractivity contribution in [1.82, 2.24) is 9.80 Å². The van der Waals surface area contributed by atoms with Crippen LogP contribution in [0.25, 0.3) is 0 Å². The lowest BCUT2D eigenvalue weighted by Gasteiger charge is -2.37. The van der Waals surface area contributed by atoms with Crippen LogP contribution in [0.2, 0.25) is 0 Å². The first kappa shape index (κ1) is 24.4.